The first-order chi connectivity index (χ1) is 8.53. The van der Waals surface area contributed by atoms with Crippen LogP contribution in [0.15, 0.2) is 35.3 Å². The summed E-state index contributed by atoms with van der Waals surface area (Å²) in [4.78, 5) is 35.1. The van der Waals surface area contributed by atoms with Crippen LogP contribution < -0.4 is 0 Å². The van der Waals surface area contributed by atoms with Crippen molar-refractivity contribution in [1.29, 1.82) is 0 Å². The van der Waals surface area contributed by atoms with Crippen LogP contribution in [-0.2, 0) is 23.9 Å². The van der Waals surface area contributed by atoms with Gasteiger partial charge in [-0.2, -0.15) is 0 Å². The molecular formula is C13H14O5. The summed E-state index contributed by atoms with van der Waals surface area (Å²) >= 11 is 0. The number of hydrogen-bond acceptors (Lipinski definition) is 5. The lowest BCUT2D eigenvalue weighted by atomic mass is 9.85. The van der Waals surface area contributed by atoms with Gasteiger partial charge in [-0.25, -0.2) is 0 Å². The zero-order valence-electron chi connectivity index (χ0n) is 10.5. The molecule has 0 aliphatic heterocycles. The normalized spacial score (nSPS) is 17.7. The zero-order chi connectivity index (χ0) is 13.9. The van der Waals surface area contributed by atoms with Crippen LogP contribution in [0.1, 0.15) is 6.92 Å². The number of hydrogen-bond donors (Lipinski definition) is 0. The van der Waals surface area contributed by atoms with Gasteiger partial charge in [0.1, 0.15) is 6.29 Å². The molecule has 0 saturated carbocycles. The lowest BCUT2D eigenvalue weighted by Crippen LogP contribution is -2.28. The third-order valence-corrected chi connectivity index (χ3v) is 2.75. The summed E-state index contributed by atoms with van der Waals surface area (Å²) in [5.74, 6) is -2.14. The number of rotatable bonds is 5. The van der Waals surface area contributed by atoms with Crippen molar-refractivity contribution >= 4 is 17.9 Å². The minimum absolute atomic E-state index is 0.0858. The van der Waals surface area contributed by atoms with Crippen LogP contribution in [0.5, 0.6) is 0 Å². The van der Waals surface area contributed by atoms with Crippen molar-refractivity contribution in [2.45, 2.75) is 6.92 Å². The Bertz CT molecular complexity index is 474. The summed E-state index contributed by atoms with van der Waals surface area (Å²) in [6, 6.07) is 0. The molecule has 0 bridgehead atoms. The van der Waals surface area contributed by atoms with Gasteiger partial charge in [-0.05, 0) is 6.92 Å². The fraction of sp³-hybridized carbons (Fsp3) is 0.308. The second kappa shape index (κ2) is 5.44. The molecule has 5 heteroatoms. The highest BCUT2D eigenvalue weighted by molar-refractivity contribution is 6.24. The van der Waals surface area contributed by atoms with Gasteiger partial charge in [0.05, 0.1) is 20.1 Å². The smallest absolute Gasteiger partial charge is 0.229 e. The van der Waals surface area contributed by atoms with Gasteiger partial charge in [-0.1, -0.05) is 6.08 Å². The molecule has 0 saturated heterocycles. The van der Waals surface area contributed by atoms with E-state index < -0.39 is 17.5 Å². The van der Waals surface area contributed by atoms with Gasteiger partial charge in [0.15, 0.2) is 0 Å². The van der Waals surface area contributed by atoms with E-state index in [9.17, 15) is 14.4 Å². The van der Waals surface area contributed by atoms with Crippen molar-refractivity contribution in [1.82, 2.24) is 0 Å². The predicted molar refractivity (Wildman–Crippen MR) is 63.5 cm³/mol. The molecule has 0 fully saturated rings. The molecule has 1 atom stereocenters. The van der Waals surface area contributed by atoms with Gasteiger partial charge in [0, 0.05) is 11.1 Å². The lowest BCUT2D eigenvalue weighted by Gasteiger charge is -2.21. The Morgan fingerprint density at radius 3 is 2.00 bits per heavy atom. The Labute approximate surface area is 105 Å². The molecule has 0 N–H and O–H groups in total. The molecule has 0 amide bonds. The van der Waals surface area contributed by atoms with Crippen LogP contribution in [0.2, 0.25) is 0 Å². The second-order valence-corrected chi connectivity index (χ2v) is 3.66. The predicted octanol–water partition coefficient (Wildman–Crippen LogP) is 0.960. The minimum Gasteiger partial charge on any atom is -0.489 e. The molecule has 1 aliphatic carbocycles. The van der Waals surface area contributed by atoms with E-state index in [0.29, 0.717) is 6.29 Å². The fourth-order valence-electron chi connectivity index (χ4n) is 1.81. The van der Waals surface area contributed by atoms with Crippen LogP contribution in [0.25, 0.3) is 0 Å². The van der Waals surface area contributed by atoms with Crippen LogP contribution in [0.4, 0.5) is 0 Å². The topological polar surface area (TPSA) is 69.7 Å². The molecule has 0 heterocycles. The number of ether oxygens (including phenoxy) is 2. The number of allylic oxidation sites excluding steroid dienone is 3. The van der Waals surface area contributed by atoms with Crippen LogP contribution in [0, 0.1) is 5.92 Å². The maximum Gasteiger partial charge on any atom is 0.229 e. The summed E-state index contributed by atoms with van der Waals surface area (Å²) < 4.78 is 9.77. The Hall–Kier alpha value is -2.17. The van der Waals surface area contributed by atoms with Crippen LogP contribution >= 0.6 is 0 Å². The average Bonchev–Trinajstić information content (AvgIpc) is 2.38. The zero-order valence-corrected chi connectivity index (χ0v) is 10.5. The van der Waals surface area contributed by atoms with E-state index in [4.69, 9.17) is 9.47 Å². The molecule has 1 unspecified atom stereocenters. The molecule has 5 nitrogen and oxygen atoms in total. The third-order valence-electron chi connectivity index (χ3n) is 2.75. The number of ketones is 2. The molecule has 1 aliphatic rings. The number of Topliss-reactive ketones (excluding diaryl/α,β-unsaturated/α-hetero) is 2. The van der Waals surface area contributed by atoms with E-state index in [-0.39, 0.29) is 22.7 Å². The van der Waals surface area contributed by atoms with Crippen LogP contribution in [0.3, 0.4) is 0 Å². The van der Waals surface area contributed by atoms with Gasteiger partial charge in [-0.3, -0.25) is 9.59 Å². The lowest BCUT2D eigenvalue weighted by molar-refractivity contribution is -0.122. The number of methoxy groups -OCH3 is 2. The first-order valence-electron chi connectivity index (χ1n) is 5.23. The molecule has 96 valence electrons. The highest BCUT2D eigenvalue weighted by Gasteiger charge is 2.37. The maximum atomic E-state index is 12.2. The highest BCUT2D eigenvalue weighted by Crippen LogP contribution is 2.29. The fourth-order valence-corrected chi connectivity index (χ4v) is 1.81. The van der Waals surface area contributed by atoms with Gasteiger partial charge >= 0.3 is 0 Å². The van der Waals surface area contributed by atoms with E-state index in [1.165, 1.54) is 27.2 Å². The third kappa shape index (κ3) is 1.99. The Kier molecular flexibility index (Phi) is 4.20. The van der Waals surface area contributed by atoms with E-state index in [1.54, 1.807) is 0 Å². The number of aldehydes is 1. The summed E-state index contributed by atoms with van der Waals surface area (Å²) in [5, 5.41) is 0. The Morgan fingerprint density at radius 1 is 1.11 bits per heavy atom. The van der Waals surface area contributed by atoms with E-state index in [2.05, 4.69) is 6.58 Å². The van der Waals surface area contributed by atoms with Gasteiger partial charge in [-0.15, -0.1) is 6.58 Å². The SMILES string of the molecule is C=CC(C=O)C1=C(C)C(=O)C(OC)=C(OC)C1=O. The largest absolute Gasteiger partial charge is 0.489 e. The van der Waals surface area contributed by atoms with Gasteiger partial charge < -0.3 is 14.3 Å². The summed E-state index contributed by atoms with van der Waals surface area (Å²) in [5.41, 5.74) is 0.261. The maximum absolute atomic E-state index is 12.2. The molecule has 0 aromatic heterocycles. The van der Waals surface area contributed by atoms with Crippen LogP contribution in [-0.4, -0.2) is 32.1 Å². The summed E-state index contributed by atoms with van der Waals surface area (Å²) in [6.07, 6.45) is 1.87. The van der Waals surface area contributed by atoms with Crippen molar-refractivity contribution in [2.24, 2.45) is 5.92 Å². The quantitative estimate of drug-likeness (QED) is 0.413. The average molecular weight is 250 g/mol. The molecule has 0 aromatic carbocycles. The molecule has 1 rings (SSSR count). The summed E-state index contributed by atoms with van der Waals surface area (Å²) in [7, 11) is 2.55. The van der Waals surface area contributed by atoms with E-state index >= 15 is 0 Å². The molecule has 0 aromatic rings. The number of carbonyl (C=O) groups excluding carboxylic acids is 3. The first-order valence-corrected chi connectivity index (χ1v) is 5.23. The standard InChI is InChI=1S/C13H14O5/c1-5-8(6-14)9-7(2)10(15)12(17-3)13(18-4)11(9)16/h5-6,8H,1H2,2-4H3. The minimum atomic E-state index is -0.829. The molecule has 18 heavy (non-hydrogen) atoms. The van der Waals surface area contributed by atoms with Crippen molar-refractivity contribution in [3.8, 4) is 0 Å². The van der Waals surface area contributed by atoms with Crippen molar-refractivity contribution < 1.29 is 23.9 Å². The summed E-state index contributed by atoms with van der Waals surface area (Å²) in [6.45, 7) is 4.95. The highest BCUT2D eigenvalue weighted by atomic mass is 16.5. The number of carbonyl (C=O) groups is 3. The molecule has 0 spiro atoms. The molecule has 0 radical (unpaired) electrons. The van der Waals surface area contributed by atoms with Gasteiger partial charge in [0.25, 0.3) is 0 Å². The van der Waals surface area contributed by atoms with Crippen molar-refractivity contribution in [3.05, 3.63) is 35.3 Å². The van der Waals surface area contributed by atoms with E-state index in [0.717, 1.165) is 0 Å². The Balaban J connectivity index is 3.43. The van der Waals surface area contributed by atoms with Crippen molar-refractivity contribution in [2.75, 3.05) is 14.2 Å². The second-order valence-electron chi connectivity index (χ2n) is 3.66. The Morgan fingerprint density at radius 2 is 1.61 bits per heavy atom. The van der Waals surface area contributed by atoms with E-state index in [1.807, 2.05) is 0 Å². The van der Waals surface area contributed by atoms with Gasteiger partial charge in [0.2, 0.25) is 23.1 Å². The van der Waals surface area contributed by atoms with Crippen molar-refractivity contribution in [3.63, 3.8) is 0 Å². The molecular weight excluding hydrogens is 236 g/mol. The first kappa shape index (κ1) is 13.9. The monoisotopic (exact) mass is 250 g/mol.